The number of hydrogen-bond donors (Lipinski definition) is 0. The Morgan fingerprint density at radius 3 is 2.72 bits per heavy atom. The van der Waals surface area contributed by atoms with Crippen LogP contribution in [0.1, 0.15) is 31.4 Å². The zero-order valence-electron chi connectivity index (χ0n) is 14.8. The van der Waals surface area contributed by atoms with Gasteiger partial charge in [-0.05, 0) is 19.8 Å². The van der Waals surface area contributed by atoms with Crippen LogP contribution in [0.25, 0.3) is 11.3 Å². The second-order valence-electron chi connectivity index (χ2n) is 6.36. The summed E-state index contributed by atoms with van der Waals surface area (Å²) in [5.41, 5.74) is 2.55. The number of piperidine rings is 1. The number of aryl methyl sites for hydroxylation is 1. The third-order valence-electron chi connectivity index (χ3n) is 4.52. The summed E-state index contributed by atoms with van der Waals surface area (Å²) in [4.78, 5) is 9.04. The first-order valence-corrected chi connectivity index (χ1v) is 9.84. The smallest absolute Gasteiger partial charge is 0.272 e. The quantitative estimate of drug-likeness (QED) is 0.799. The highest BCUT2D eigenvalue weighted by Gasteiger charge is 2.33. The summed E-state index contributed by atoms with van der Waals surface area (Å²) in [6.45, 7) is 3.78. The summed E-state index contributed by atoms with van der Waals surface area (Å²) in [7, 11) is -0.293. The minimum absolute atomic E-state index is 0.0251. The maximum absolute atomic E-state index is 12.5. The molecule has 1 aliphatic rings. The third-order valence-corrected chi connectivity index (χ3v) is 6.42. The molecule has 0 spiro atoms. The van der Waals surface area contributed by atoms with Crippen LogP contribution in [-0.4, -0.2) is 64.0 Å². The SMILES string of the molecule is CCn1cc(-c2nccnc2[C@H]2CCCN(S(=O)(=O)N(C)C)C2)cn1. The molecule has 8 nitrogen and oxygen atoms in total. The zero-order chi connectivity index (χ0) is 18.0. The van der Waals surface area contributed by atoms with E-state index in [4.69, 9.17) is 0 Å². The molecule has 1 atom stereocenters. The molecule has 1 fully saturated rings. The van der Waals surface area contributed by atoms with Gasteiger partial charge in [0.05, 0.1) is 17.6 Å². The van der Waals surface area contributed by atoms with E-state index in [2.05, 4.69) is 15.1 Å². The molecule has 2 aromatic heterocycles. The Morgan fingerprint density at radius 2 is 2.04 bits per heavy atom. The van der Waals surface area contributed by atoms with E-state index in [1.807, 2.05) is 17.8 Å². The van der Waals surface area contributed by atoms with Gasteiger partial charge in [0.1, 0.15) is 0 Å². The molecule has 3 heterocycles. The van der Waals surface area contributed by atoms with E-state index in [0.29, 0.717) is 13.1 Å². The molecule has 0 amide bonds. The maximum atomic E-state index is 12.5. The van der Waals surface area contributed by atoms with Crippen molar-refractivity contribution in [2.24, 2.45) is 0 Å². The van der Waals surface area contributed by atoms with Crippen molar-refractivity contribution in [2.45, 2.75) is 32.2 Å². The van der Waals surface area contributed by atoms with Crippen LogP contribution in [0.3, 0.4) is 0 Å². The fourth-order valence-electron chi connectivity index (χ4n) is 3.13. The minimum Gasteiger partial charge on any atom is -0.272 e. The summed E-state index contributed by atoms with van der Waals surface area (Å²) in [5.74, 6) is 0.0251. The van der Waals surface area contributed by atoms with Crippen molar-refractivity contribution in [3.05, 3.63) is 30.5 Å². The van der Waals surface area contributed by atoms with Crippen LogP contribution >= 0.6 is 0 Å². The molecular weight excluding hydrogens is 340 g/mol. The van der Waals surface area contributed by atoms with Crippen molar-refractivity contribution in [3.8, 4) is 11.3 Å². The first kappa shape index (κ1) is 18.0. The molecule has 9 heteroatoms. The lowest BCUT2D eigenvalue weighted by molar-refractivity contribution is 0.296. The van der Waals surface area contributed by atoms with Gasteiger partial charge in [-0.2, -0.15) is 22.1 Å². The van der Waals surface area contributed by atoms with E-state index >= 15 is 0 Å². The van der Waals surface area contributed by atoms with E-state index in [0.717, 1.165) is 36.3 Å². The Bertz CT molecular complexity index is 833. The van der Waals surface area contributed by atoms with Gasteiger partial charge in [-0.25, -0.2) is 0 Å². The summed E-state index contributed by atoms with van der Waals surface area (Å²) in [6.07, 6.45) is 8.77. The molecule has 25 heavy (non-hydrogen) atoms. The second kappa shape index (κ2) is 7.19. The number of nitrogens with zero attached hydrogens (tertiary/aromatic N) is 6. The van der Waals surface area contributed by atoms with Gasteiger partial charge in [0.15, 0.2) is 0 Å². The van der Waals surface area contributed by atoms with E-state index in [1.54, 1.807) is 32.7 Å². The topological polar surface area (TPSA) is 84.2 Å². The second-order valence-corrected chi connectivity index (χ2v) is 8.50. The van der Waals surface area contributed by atoms with Crippen LogP contribution < -0.4 is 0 Å². The van der Waals surface area contributed by atoms with E-state index < -0.39 is 10.2 Å². The van der Waals surface area contributed by atoms with Crippen molar-refractivity contribution >= 4 is 10.2 Å². The fraction of sp³-hybridized carbons (Fsp3) is 0.562. The monoisotopic (exact) mass is 364 g/mol. The molecule has 0 aromatic carbocycles. The zero-order valence-corrected chi connectivity index (χ0v) is 15.6. The molecule has 0 radical (unpaired) electrons. The van der Waals surface area contributed by atoms with Gasteiger partial charge in [-0.3, -0.25) is 14.6 Å². The predicted molar refractivity (Wildman–Crippen MR) is 95.1 cm³/mol. The molecule has 0 aliphatic carbocycles. The van der Waals surface area contributed by atoms with E-state index in [1.165, 1.54) is 8.61 Å². The number of rotatable bonds is 5. The van der Waals surface area contributed by atoms with Gasteiger partial charge in [0, 0.05) is 63.8 Å². The highest BCUT2D eigenvalue weighted by atomic mass is 32.2. The van der Waals surface area contributed by atoms with Crippen LogP contribution in [0, 0.1) is 0 Å². The Balaban J connectivity index is 1.92. The summed E-state index contributed by atoms with van der Waals surface area (Å²) < 4.78 is 29.6. The fourth-order valence-corrected chi connectivity index (χ4v) is 4.32. The lowest BCUT2D eigenvalue weighted by Crippen LogP contribution is -2.45. The number of aromatic nitrogens is 4. The van der Waals surface area contributed by atoms with Gasteiger partial charge < -0.3 is 0 Å². The Kier molecular flexibility index (Phi) is 5.16. The minimum atomic E-state index is -3.42. The van der Waals surface area contributed by atoms with Gasteiger partial charge in [-0.15, -0.1) is 0 Å². The van der Waals surface area contributed by atoms with Gasteiger partial charge >= 0.3 is 0 Å². The standard InChI is InChI=1S/C16H24N6O2S/c1-4-21-11-14(10-19-21)16-15(17-7-8-18-16)13-6-5-9-22(12-13)25(23,24)20(2)3/h7-8,10-11,13H,4-6,9,12H2,1-3H3/t13-/m0/s1. The van der Waals surface area contributed by atoms with Crippen LogP contribution in [0.15, 0.2) is 24.8 Å². The van der Waals surface area contributed by atoms with Gasteiger partial charge in [-0.1, -0.05) is 0 Å². The highest BCUT2D eigenvalue weighted by molar-refractivity contribution is 7.86. The first-order valence-electron chi connectivity index (χ1n) is 8.44. The maximum Gasteiger partial charge on any atom is 0.281 e. The van der Waals surface area contributed by atoms with Gasteiger partial charge in [0.25, 0.3) is 10.2 Å². The highest BCUT2D eigenvalue weighted by Crippen LogP contribution is 2.32. The predicted octanol–water partition coefficient (Wildman–Crippen LogP) is 1.35. The van der Waals surface area contributed by atoms with Crippen molar-refractivity contribution in [2.75, 3.05) is 27.2 Å². The van der Waals surface area contributed by atoms with Gasteiger partial charge in [0.2, 0.25) is 0 Å². The normalized spacial score (nSPS) is 19.4. The molecule has 136 valence electrons. The largest absolute Gasteiger partial charge is 0.281 e. The summed E-state index contributed by atoms with van der Waals surface area (Å²) in [6, 6.07) is 0. The number of hydrogen-bond acceptors (Lipinski definition) is 5. The van der Waals surface area contributed by atoms with Crippen molar-refractivity contribution in [3.63, 3.8) is 0 Å². The van der Waals surface area contributed by atoms with Crippen LogP contribution in [0.4, 0.5) is 0 Å². The molecule has 2 aromatic rings. The molecule has 0 bridgehead atoms. The van der Waals surface area contributed by atoms with Crippen molar-refractivity contribution in [1.29, 1.82) is 0 Å². The lowest BCUT2D eigenvalue weighted by atomic mass is 9.93. The lowest BCUT2D eigenvalue weighted by Gasteiger charge is -2.33. The molecule has 3 rings (SSSR count). The molecule has 1 saturated heterocycles. The van der Waals surface area contributed by atoms with Crippen LogP contribution in [0.2, 0.25) is 0 Å². The van der Waals surface area contributed by atoms with E-state index in [9.17, 15) is 8.42 Å². The van der Waals surface area contributed by atoms with Crippen molar-refractivity contribution in [1.82, 2.24) is 28.4 Å². The molecule has 1 aliphatic heterocycles. The van der Waals surface area contributed by atoms with Crippen molar-refractivity contribution < 1.29 is 8.42 Å². The van der Waals surface area contributed by atoms with Crippen LogP contribution in [-0.2, 0) is 16.8 Å². The van der Waals surface area contributed by atoms with Crippen LogP contribution in [0.5, 0.6) is 0 Å². The third kappa shape index (κ3) is 3.58. The Labute approximate surface area is 148 Å². The molecule has 0 saturated carbocycles. The van der Waals surface area contributed by atoms with E-state index in [-0.39, 0.29) is 5.92 Å². The Hall–Kier alpha value is -1.84. The average molecular weight is 364 g/mol. The first-order chi connectivity index (χ1) is 11.9. The molecule has 0 unspecified atom stereocenters. The molecule has 0 N–H and O–H groups in total. The molecular formula is C16H24N6O2S. The average Bonchev–Trinajstić information content (AvgIpc) is 3.11. The summed E-state index contributed by atoms with van der Waals surface area (Å²) >= 11 is 0. The Morgan fingerprint density at radius 1 is 1.28 bits per heavy atom. The summed E-state index contributed by atoms with van der Waals surface area (Å²) in [5, 5.41) is 4.31.